The Kier molecular flexibility index (Phi) is 5.14. The van der Waals surface area contributed by atoms with Crippen molar-refractivity contribution in [3.63, 3.8) is 0 Å². The zero-order valence-electron chi connectivity index (χ0n) is 13.7. The summed E-state index contributed by atoms with van der Waals surface area (Å²) < 4.78 is 15.5. The fraction of sp³-hybridized carbons (Fsp3) is 0.158. The molecule has 0 unspecified atom stereocenters. The molecule has 0 aliphatic carbocycles. The summed E-state index contributed by atoms with van der Waals surface area (Å²) in [6.07, 6.45) is 3.03. The lowest BCUT2D eigenvalue weighted by Gasteiger charge is -2.10. The molecule has 0 aliphatic heterocycles. The summed E-state index contributed by atoms with van der Waals surface area (Å²) in [7, 11) is 0. The van der Waals surface area contributed by atoms with Crippen molar-refractivity contribution >= 4 is 23.2 Å². The smallest absolute Gasteiger partial charge is 0.259 e. The maximum absolute atomic E-state index is 13.8. The molecule has 0 bridgehead atoms. The maximum Gasteiger partial charge on any atom is 0.259 e. The molecule has 1 N–H and O–H groups in total. The van der Waals surface area contributed by atoms with Gasteiger partial charge in [-0.3, -0.25) is 4.79 Å². The number of benzene rings is 2. The molecule has 0 saturated carbocycles. The van der Waals surface area contributed by atoms with Crippen LogP contribution in [0.3, 0.4) is 0 Å². The van der Waals surface area contributed by atoms with Crippen molar-refractivity contribution in [2.45, 2.75) is 19.8 Å². The number of carbonyl (C=O) groups is 1. The van der Waals surface area contributed by atoms with Crippen LogP contribution in [0.5, 0.6) is 0 Å². The van der Waals surface area contributed by atoms with Crippen LogP contribution in [0.2, 0.25) is 5.02 Å². The van der Waals surface area contributed by atoms with E-state index in [1.54, 1.807) is 28.9 Å². The number of rotatable bonds is 5. The van der Waals surface area contributed by atoms with Crippen molar-refractivity contribution in [3.8, 4) is 5.69 Å². The molecule has 0 fully saturated rings. The van der Waals surface area contributed by atoms with Gasteiger partial charge in [-0.1, -0.05) is 37.1 Å². The highest BCUT2D eigenvalue weighted by Crippen LogP contribution is 2.21. The van der Waals surface area contributed by atoms with Gasteiger partial charge in [-0.2, -0.15) is 5.10 Å². The number of amides is 1. The summed E-state index contributed by atoms with van der Waals surface area (Å²) in [5.74, 6) is -0.855. The van der Waals surface area contributed by atoms with Gasteiger partial charge >= 0.3 is 0 Å². The van der Waals surface area contributed by atoms with Gasteiger partial charge < -0.3 is 5.32 Å². The molecule has 0 atom stereocenters. The van der Waals surface area contributed by atoms with Crippen LogP contribution in [0.25, 0.3) is 5.69 Å². The normalized spacial score (nSPS) is 10.7. The van der Waals surface area contributed by atoms with Crippen molar-refractivity contribution in [1.29, 1.82) is 0 Å². The quantitative estimate of drug-likeness (QED) is 0.708. The van der Waals surface area contributed by atoms with Gasteiger partial charge in [-0.05, 0) is 42.8 Å². The lowest BCUT2D eigenvalue weighted by Crippen LogP contribution is -2.15. The van der Waals surface area contributed by atoms with Crippen LogP contribution in [0, 0.1) is 5.82 Å². The first kappa shape index (κ1) is 17.2. The van der Waals surface area contributed by atoms with E-state index in [0.717, 1.165) is 17.8 Å². The number of halogens is 2. The first-order valence-electron chi connectivity index (χ1n) is 7.99. The lowest BCUT2D eigenvalue weighted by atomic mass is 10.1. The molecule has 3 aromatic rings. The average molecular weight is 358 g/mol. The monoisotopic (exact) mass is 357 g/mol. The summed E-state index contributed by atoms with van der Waals surface area (Å²) in [6, 6.07) is 13.3. The molecule has 0 saturated heterocycles. The number of nitrogens with zero attached hydrogens (tertiary/aromatic N) is 2. The van der Waals surface area contributed by atoms with Crippen LogP contribution in [0.15, 0.2) is 54.7 Å². The van der Waals surface area contributed by atoms with Crippen LogP contribution in [0.1, 0.15) is 29.4 Å². The van der Waals surface area contributed by atoms with E-state index in [9.17, 15) is 9.18 Å². The number of aromatic nitrogens is 2. The maximum atomic E-state index is 13.8. The number of hydrogen-bond acceptors (Lipinski definition) is 2. The fourth-order valence-electron chi connectivity index (χ4n) is 2.60. The Morgan fingerprint density at radius 2 is 1.92 bits per heavy atom. The van der Waals surface area contributed by atoms with Crippen LogP contribution in [-0.2, 0) is 6.42 Å². The minimum absolute atomic E-state index is 0.147. The van der Waals surface area contributed by atoms with Crippen LogP contribution in [-0.4, -0.2) is 15.7 Å². The molecule has 0 spiro atoms. The SMILES string of the molecule is CCCc1c(C(=O)Nc2ccccc2F)cnn1-c1ccc(Cl)cc1. The largest absolute Gasteiger partial charge is 0.319 e. The van der Waals surface area contributed by atoms with Crippen molar-refractivity contribution in [2.24, 2.45) is 0 Å². The van der Waals surface area contributed by atoms with Crippen LogP contribution >= 0.6 is 11.6 Å². The first-order chi connectivity index (χ1) is 12.1. The van der Waals surface area contributed by atoms with E-state index in [-0.39, 0.29) is 11.6 Å². The van der Waals surface area contributed by atoms with Crippen LogP contribution < -0.4 is 5.32 Å². The van der Waals surface area contributed by atoms with Crippen molar-refractivity contribution in [1.82, 2.24) is 9.78 Å². The van der Waals surface area contributed by atoms with E-state index in [1.807, 2.05) is 19.1 Å². The van der Waals surface area contributed by atoms with Gasteiger partial charge in [0.2, 0.25) is 0 Å². The highest BCUT2D eigenvalue weighted by atomic mass is 35.5. The van der Waals surface area contributed by atoms with Gasteiger partial charge in [0, 0.05) is 5.02 Å². The van der Waals surface area contributed by atoms with Gasteiger partial charge in [0.25, 0.3) is 5.91 Å². The van der Waals surface area contributed by atoms with Gasteiger partial charge in [0.05, 0.1) is 28.8 Å². The van der Waals surface area contributed by atoms with Gasteiger partial charge in [-0.15, -0.1) is 0 Å². The van der Waals surface area contributed by atoms with E-state index >= 15 is 0 Å². The van der Waals surface area contributed by atoms with Crippen LogP contribution in [0.4, 0.5) is 10.1 Å². The molecular weight excluding hydrogens is 341 g/mol. The molecule has 1 heterocycles. The predicted octanol–water partition coefficient (Wildman–Crippen LogP) is 4.87. The molecule has 3 rings (SSSR count). The van der Waals surface area contributed by atoms with Gasteiger partial charge in [0.15, 0.2) is 0 Å². The van der Waals surface area contributed by atoms with Crippen molar-refractivity contribution in [3.05, 3.63) is 76.8 Å². The van der Waals surface area contributed by atoms with Crippen molar-refractivity contribution in [2.75, 3.05) is 5.32 Å². The van der Waals surface area contributed by atoms with E-state index in [4.69, 9.17) is 11.6 Å². The number of nitrogens with one attached hydrogen (secondary N) is 1. The van der Waals surface area contributed by atoms with E-state index < -0.39 is 5.82 Å². The summed E-state index contributed by atoms with van der Waals surface area (Å²) in [5, 5.41) is 7.58. The third-order valence-corrected chi connectivity index (χ3v) is 4.05. The van der Waals surface area contributed by atoms with E-state index in [0.29, 0.717) is 17.0 Å². The Labute approximate surface area is 150 Å². The Morgan fingerprint density at radius 3 is 2.60 bits per heavy atom. The molecular formula is C19H17ClFN3O. The Balaban J connectivity index is 1.95. The number of anilines is 1. The molecule has 2 aromatic carbocycles. The second-order valence-corrected chi connectivity index (χ2v) is 6.01. The Hall–Kier alpha value is -2.66. The molecule has 0 radical (unpaired) electrons. The second kappa shape index (κ2) is 7.49. The molecule has 6 heteroatoms. The number of carbonyl (C=O) groups excluding carboxylic acids is 1. The Bertz CT molecular complexity index is 890. The summed E-state index contributed by atoms with van der Waals surface area (Å²) in [6.45, 7) is 2.03. The minimum Gasteiger partial charge on any atom is -0.319 e. The number of hydrogen-bond donors (Lipinski definition) is 1. The van der Waals surface area contributed by atoms with E-state index in [1.165, 1.54) is 18.3 Å². The number of para-hydroxylation sites is 1. The second-order valence-electron chi connectivity index (χ2n) is 5.58. The van der Waals surface area contributed by atoms with Gasteiger partial charge in [-0.25, -0.2) is 9.07 Å². The molecule has 128 valence electrons. The topological polar surface area (TPSA) is 46.9 Å². The standard InChI is InChI=1S/C19H17ClFN3O/c1-2-5-18-15(19(25)23-17-7-4-3-6-16(17)21)12-22-24(18)14-10-8-13(20)9-11-14/h3-4,6-12H,2,5H2,1H3,(H,23,25). The summed E-state index contributed by atoms with van der Waals surface area (Å²) in [4.78, 5) is 12.6. The minimum atomic E-state index is -0.474. The predicted molar refractivity (Wildman–Crippen MR) is 96.9 cm³/mol. The molecule has 4 nitrogen and oxygen atoms in total. The average Bonchev–Trinajstić information content (AvgIpc) is 3.02. The molecule has 0 aliphatic rings. The summed E-state index contributed by atoms with van der Waals surface area (Å²) >= 11 is 5.93. The first-order valence-corrected chi connectivity index (χ1v) is 8.36. The third-order valence-electron chi connectivity index (χ3n) is 3.79. The zero-order chi connectivity index (χ0) is 17.8. The third kappa shape index (κ3) is 3.72. The highest BCUT2D eigenvalue weighted by Gasteiger charge is 2.19. The lowest BCUT2D eigenvalue weighted by molar-refractivity contribution is 0.102. The van der Waals surface area contributed by atoms with E-state index in [2.05, 4.69) is 10.4 Å². The highest BCUT2D eigenvalue weighted by molar-refractivity contribution is 6.30. The molecule has 1 aromatic heterocycles. The fourth-order valence-corrected chi connectivity index (χ4v) is 2.72. The summed E-state index contributed by atoms with van der Waals surface area (Å²) in [5.41, 5.74) is 2.17. The zero-order valence-corrected chi connectivity index (χ0v) is 14.4. The van der Waals surface area contributed by atoms with Gasteiger partial charge in [0.1, 0.15) is 5.82 Å². The van der Waals surface area contributed by atoms with Crippen molar-refractivity contribution < 1.29 is 9.18 Å². The molecule has 1 amide bonds. The molecule has 25 heavy (non-hydrogen) atoms. The Morgan fingerprint density at radius 1 is 1.20 bits per heavy atom.